The van der Waals surface area contributed by atoms with Gasteiger partial charge in [-0.25, -0.2) is 4.98 Å². The third-order valence-electron chi connectivity index (χ3n) is 6.42. The maximum atomic E-state index is 13.1. The van der Waals surface area contributed by atoms with E-state index in [1.54, 1.807) is 12.0 Å². The first-order chi connectivity index (χ1) is 16.0. The molecule has 172 valence electrons. The van der Waals surface area contributed by atoms with E-state index in [1.165, 1.54) is 11.3 Å². The molecule has 2 fully saturated rings. The first-order valence-corrected chi connectivity index (χ1v) is 12.1. The molecule has 0 saturated carbocycles. The van der Waals surface area contributed by atoms with Crippen LogP contribution in [-0.2, 0) is 9.59 Å². The lowest BCUT2D eigenvalue weighted by atomic mass is 10.0. The second kappa shape index (κ2) is 9.02. The number of thiazole rings is 1. The molecule has 0 aliphatic carbocycles. The number of hydrogen-bond acceptors (Lipinski definition) is 6. The fourth-order valence-corrected chi connectivity index (χ4v) is 5.37. The minimum Gasteiger partial charge on any atom is -0.497 e. The number of carbonyl (C=O) groups is 2. The van der Waals surface area contributed by atoms with Crippen LogP contribution < -0.4 is 14.4 Å². The number of nitrogens with zero attached hydrogens (tertiary/aromatic N) is 3. The molecule has 3 aromatic rings. The molecule has 2 aromatic carbocycles. The van der Waals surface area contributed by atoms with Gasteiger partial charge in [-0.2, -0.15) is 0 Å². The van der Waals surface area contributed by atoms with Crippen LogP contribution in [0.25, 0.3) is 10.2 Å². The summed E-state index contributed by atoms with van der Waals surface area (Å²) in [6, 6.07) is 13.7. The van der Waals surface area contributed by atoms with Gasteiger partial charge in [0, 0.05) is 50.7 Å². The molecule has 0 N–H and O–H groups in total. The first-order valence-electron chi connectivity index (χ1n) is 11.3. The lowest BCUT2D eigenvalue weighted by Gasteiger charge is -2.33. The van der Waals surface area contributed by atoms with Crippen molar-refractivity contribution >= 4 is 39.1 Å². The van der Waals surface area contributed by atoms with E-state index in [2.05, 4.69) is 4.98 Å². The molecule has 7 nitrogen and oxygen atoms in total. The van der Waals surface area contributed by atoms with Gasteiger partial charge in [0.2, 0.25) is 11.8 Å². The van der Waals surface area contributed by atoms with E-state index in [1.807, 2.05) is 54.3 Å². The van der Waals surface area contributed by atoms with E-state index in [0.29, 0.717) is 24.8 Å². The van der Waals surface area contributed by atoms with Crippen molar-refractivity contribution in [2.24, 2.45) is 5.92 Å². The molecule has 2 amide bonds. The summed E-state index contributed by atoms with van der Waals surface area (Å²) in [7, 11) is 1.64. The Hall–Kier alpha value is -3.13. The van der Waals surface area contributed by atoms with Gasteiger partial charge in [0.25, 0.3) is 5.19 Å². The number of aromatic nitrogens is 1. The molecule has 2 saturated heterocycles. The number of amides is 2. The van der Waals surface area contributed by atoms with Crippen molar-refractivity contribution in [2.75, 3.05) is 31.6 Å². The van der Waals surface area contributed by atoms with E-state index >= 15 is 0 Å². The molecule has 0 bridgehead atoms. The molecule has 0 spiro atoms. The van der Waals surface area contributed by atoms with Crippen molar-refractivity contribution in [2.45, 2.75) is 32.3 Å². The topological polar surface area (TPSA) is 72.0 Å². The Balaban J connectivity index is 1.16. The van der Waals surface area contributed by atoms with Gasteiger partial charge in [-0.1, -0.05) is 29.0 Å². The van der Waals surface area contributed by atoms with Gasteiger partial charge in [-0.3, -0.25) is 9.59 Å². The average molecular weight is 466 g/mol. The van der Waals surface area contributed by atoms with E-state index < -0.39 is 0 Å². The molecular formula is C25H27N3O4S. The maximum Gasteiger partial charge on any atom is 0.274 e. The van der Waals surface area contributed by atoms with Crippen LogP contribution in [0.4, 0.5) is 5.69 Å². The Bertz CT molecular complexity index is 1170. The third-order valence-corrected chi connectivity index (χ3v) is 7.34. The highest BCUT2D eigenvalue weighted by atomic mass is 32.1. The van der Waals surface area contributed by atoms with Gasteiger partial charge in [-0.15, -0.1) is 0 Å². The summed E-state index contributed by atoms with van der Waals surface area (Å²) in [4.78, 5) is 33.9. The second-order valence-electron chi connectivity index (χ2n) is 8.70. The van der Waals surface area contributed by atoms with Crippen LogP contribution in [-0.4, -0.2) is 54.5 Å². The minimum atomic E-state index is -0.282. The third kappa shape index (κ3) is 4.53. The number of methoxy groups -OCH3 is 1. The highest BCUT2D eigenvalue weighted by Gasteiger charge is 2.38. The summed E-state index contributed by atoms with van der Waals surface area (Å²) in [6.45, 7) is 3.74. The Labute approximate surface area is 196 Å². The largest absolute Gasteiger partial charge is 0.497 e. The van der Waals surface area contributed by atoms with Crippen molar-refractivity contribution in [1.82, 2.24) is 9.88 Å². The second-order valence-corrected chi connectivity index (χ2v) is 9.69. The summed E-state index contributed by atoms with van der Waals surface area (Å²) >= 11 is 1.52. The van der Waals surface area contributed by atoms with E-state index in [0.717, 1.165) is 40.1 Å². The van der Waals surface area contributed by atoms with Crippen molar-refractivity contribution in [3.63, 3.8) is 0 Å². The Morgan fingerprint density at radius 3 is 2.61 bits per heavy atom. The highest BCUT2D eigenvalue weighted by Crippen LogP contribution is 2.32. The van der Waals surface area contributed by atoms with Crippen molar-refractivity contribution in [3.8, 4) is 10.9 Å². The first kappa shape index (κ1) is 21.7. The van der Waals surface area contributed by atoms with Crippen molar-refractivity contribution < 1.29 is 19.1 Å². The molecule has 2 aliphatic rings. The van der Waals surface area contributed by atoms with Gasteiger partial charge in [-0.05, 0) is 31.2 Å². The number of ether oxygens (including phenoxy) is 2. The van der Waals surface area contributed by atoms with Crippen LogP contribution in [0.1, 0.15) is 24.8 Å². The van der Waals surface area contributed by atoms with Gasteiger partial charge < -0.3 is 19.3 Å². The lowest BCUT2D eigenvalue weighted by molar-refractivity contribution is -0.137. The fraction of sp³-hybridized carbons (Fsp3) is 0.400. The molecule has 5 rings (SSSR count). The number of piperidine rings is 1. The molecule has 1 aromatic heterocycles. The predicted molar refractivity (Wildman–Crippen MR) is 128 cm³/mol. The van der Waals surface area contributed by atoms with Crippen LogP contribution >= 0.6 is 11.3 Å². The van der Waals surface area contributed by atoms with Gasteiger partial charge in [0.05, 0.1) is 23.2 Å². The summed E-state index contributed by atoms with van der Waals surface area (Å²) < 4.78 is 12.5. The number of likely N-dealkylation sites (tertiary alicyclic amines) is 1. The van der Waals surface area contributed by atoms with Crippen molar-refractivity contribution in [3.05, 3.63) is 48.0 Å². The van der Waals surface area contributed by atoms with Crippen molar-refractivity contribution in [1.29, 1.82) is 0 Å². The zero-order valence-corrected chi connectivity index (χ0v) is 19.6. The molecule has 8 heteroatoms. The van der Waals surface area contributed by atoms with E-state index in [4.69, 9.17) is 9.47 Å². The van der Waals surface area contributed by atoms with Gasteiger partial charge >= 0.3 is 0 Å². The monoisotopic (exact) mass is 465 g/mol. The quantitative estimate of drug-likeness (QED) is 0.569. The molecule has 1 unspecified atom stereocenters. The van der Waals surface area contributed by atoms with Crippen LogP contribution in [0.5, 0.6) is 10.9 Å². The molecule has 0 radical (unpaired) electrons. The summed E-state index contributed by atoms with van der Waals surface area (Å²) in [5.41, 5.74) is 2.88. The fourth-order valence-electron chi connectivity index (χ4n) is 4.51. The number of aryl methyl sites for hydroxylation is 1. The van der Waals surface area contributed by atoms with E-state index in [-0.39, 0.29) is 30.3 Å². The van der Waals surface area contributed by atoms with Crippen LogP contribution in [0.3, 0.4) is 0 Å². The number of fused-ring (bicyclic) bond motifs is 1. The summed E-state index contributed by atoms with van der Waals surface area (Å²) in [5.74, 6) is 0.583. The number of anilines is 1. The lowest BCUT2D eigenvalue weighted by Crippen LogP contribution is -2.44. The zero-order chi connectivity index (χ0) is 22.9. The number of benzene rings is 2. The van der Waals surface area contributed by atoms with Crippen LogP contribution in [0.15, 0.2) is 42.5 Å². The number of hydrogen-bond donors (Lipinski definition) is 0. The van der Waals surface area contributed by atoms with Gasteiger partial charge in [0.15, 0.2) is 0 Å². The standard InChI is InChI=1S/C25H27N3O4S/c1-16-3-5-18(6-4-16)28-15-17(13-23(28)29)24(30)27-11-9-19(10-12-27)32-25-26-21-14-20(31-2)7-8-22(21)33-25/h3-8,14,17,19H,9-13,15H2,1-2H3. The predicted octanol–water partition coefficient (Wildman–Crippen LogP) is 4.04. The minimum absolute atomic E-state index is 0.0166. The molecular weight excluding hydrogens is 438 g/mol. The average Bonchev–Trinajstić information content (AvgIpc) is 3.41. The Morgan fingerprint density at radius 2 is 1.88 bits per heavy atom. The normalized spacial score (nSPS) is 19.3. The zero-order valence-electron chi connectivity index (χ0n) is 18.8. The Kier molecular flexibility index (Phi) is 5.93. The van der Waals surface area contributed by atoms with E-state index in [9.17, 15) is 9.59 Å². The summed E-state index contributed by atoms with van der Waals surface area (Å²) in [6.07, 6.45) is 1.82. The maximum absolute atomic E-state index is 13.1. The molecule has 1 atom stereocenters. The number of carbonyl (C=O) groups excluding carboxylic acids is 2. The highest BCUT2D eigenvalue weighted by molar-refractivity contribution is 7.20. The Morgan fingerprint density at radius 1 is 1.12 bits per heavy atom. The van der Waals surface area contributed by atoms with Crippen LogP contribution in [0.2, 0.25) is 0 Å². The summed E-state index contributed by atoms with van der Waals surface area (Å²) in [5, 5.41) is 0.651. The molecule has 3 heterocycles. The van der Waals surface area contributed by atoms with Gasteiger partial charge in [0.1, 0.15) is 11.9 Å². The number of rotatable bonds is 5. The SMILES string of the molecule is COc1ccc2sc(OC3CCN(C(=O)C4CC(=O)N(c5ccc(C)cc5)C4)CC3)nc2c1. The van der Waals surface area contributed by atoms with Crippen LogP contribution in [0, 0.1) is 12.8 Å². The molecule has 2 aliphatic heterocycles. The smallest absolute Gasteiger partial charge is 0.274 e. The molecule has 33 heavy (non-hydrogen) atoms.